The fourth-order valence-corrected chi connectivity index (χ4v) is 1.42. The predicted molar refractivity (Wildman–Crippen MR) is 77.9 cm³/mol. The van der Waals surface area contributed by atoms with Crippen LogP contribution in [0.5, 0.6) is 0 Å². The number of carboxylic acids is 2. The van der Waals surface area contributed by atoms with Crippen molar-refractivity contribution in [2.24, 2.45) is 9.98 Å². The van der Waals surface area contributed by atoms with E-state index >= 15 is 0 Å². The lowest BCUT2D eigenvalue weighted by Crippen LogP contribution is -2.00. The molecule has 0 aliphatic heterocycles. The zero-order valence-corrected chi connectivity index (χ0v) is 12.7. The van der Waals surface area contributed by atoms with Crippen molar-refractivity contribution in [3.8, 4) is 0 Å². The molecule has 0 saturated heterocycles. The average molecular weight is 314 g/mol. The Hall–Kier alpha value is -2.30. The molecule has 8 heteroatoms. The van der Waals surface area contributed by atoms with E-state index in [1.165, 1.54) is 31.4 Å². The monoisotopic (exact) mass is 314 g/mol. The van der Waals surface area contributed by atoms with Crippen molar-refractivity contribution in [3.63, 3.8) is 0 Å². The third-order valence-electron chi connectivity index (χ3n) is 2.52. The maximum Gasteiger partial charge on any atom is 0.303 e. The summed E-state index contributed by atoms with van der Waals surface area (Å²) >= 11 is 0. The van der Waals surface area contributed by atoms with E-state index in [1.807, 2.05) is 0 Å². The largest absolute Gasteiger partial charge is 0.481 e. The van der Waals surface area contributed by atoms with E-state index in [0.717, 1.165) is 12.8 Å². The number of hydrogen-bond donors (Lipinski definition) is 2. The van der Waals surface area contributed by atoms with E-state index in [1.54, 1.807) is 0 Å². The van der Waals surface area contributed by atoms with Gasteiger partial charge >= 0.3 is 11.9 Å². The Labute approximate surface area is 129 Å². The van der Waals surface area contributed by atoms with Crippen LogP contribution < -0.4 is 0 Å². The van der Waals surface area contributed by atoms with Gasteiger partial charge in [0, 0.05) is 0 Å². The van der Waals surface area contributed by atoms with Crippen molar-refractivity contribution in [2.45, 2.75) is 64.5 Å². The van der Waals surface area contributed by atoms with E-state index in [0.29, 0.717) is 6.42 Å². The Bertz CT molecular complexity index is 380. The molecular weight excluding hydrogens is 292 g/mol. The minimum atomic E-state index is -1.08. The maximum atomic E-state index is 9.94. The summed E-state index contributed by atoms with van der Waals surface area (Å²) < 4.78 is 0. The number of nitrogens with zero attached hydrogens (tertiary/aromatic N) is 2. The van der Waals surface area contributed by atoms with Crippen LogP contribution >= 0.6 is 0 Å². The summed E-state index contributed by atoms with van der Waals surface area (Å²) in [7, 11) is 0. The standard InChI is InChI=1S/C10H16N2O2.C4H6O4/c1-2-3-4-5-6-7-10(11-8-13)12-9-14;5-3(6)1-2-4(7)8/h10H,2-7H2,1H3;1-2H2,(H,5,6)(H,7,8). The molecule has 0 aromatic heterocycles. The first kappa shape index (κ1) is 22.0. The molecule has 0 unspecified atom stereocenters. The van der Waals surface area contributed by atoms with Crippen LogP contribution in [0.1, 0.15) is 58.3 Å². The molecule has 0 radical (unpaired) electrons. The lowest BCUT2D eigenvalue weighted by molar-refractivity contribution is -0.143. The fourth-order valence-electron chi connectivity index (χ4n) is 1.42. The zero-order chi connectivity index (χ0) is 17.2. The summed E-state index contributed by atoms with van der Waals surface area (Å²) in [5.41, 5.74) is 0. The number of carbonyl (C=O) groups is 2. The molecule has 0 spiro atoms. The quantitative estimate of drug-likeness (QED) is 0.341. The predicted octanol–water partition coefficient (Wildman–Crippen LogP) is 2.28. The molecule has 0 aromatic carbocycles. The van der Waals surface area contributed by atoms with Crippen LogP contribution in [0.3, 0.4) is 0 Å². The topological polar surface area (TPSA) is 133 Å². The molecular formula is C14H22N2O6. The number of hydrogen-bond acceptors (Lipinski definition) is 6. The molecule has 124 valence electrons. The Kier molecular flexibility index (Phi) is 16.7. The van der Waals surface area contributed by atoms with E-state index in [-0.39, 0.29) is 12.8 Å². The Morgan fingerprint density at radius 2 is 1.36 bits per heavy atom. The lowest BCUT2D eigenvalue weighted by atomic mass is 10.1. The number of aliphatic imine (C=N–C) groups is 2. The van der Waals surface area contributed by atoms with Gasteiger partial charge in [0.1, 0.15) is 0 Å². The fraction of sp³-hybridized carbons (Fsp3) is 0.714. The molecule has 2 N–H and O–H groups in total. The first-order chi connectivity index (χ1) is 10.5. The Morgan fingerprint density at radius 3 is 1.73 bits per heavy atom. The normalized spacial score (nSPS) is 10.2. The van der Waals surface area contributed by atoms with Gasteiger partial charge in [-0.3, -0.25) is 9.59 Å². The van der Waals surface area contributed by atoms with E-state index in [9.17, 15) is 19.2 Å². The molecule has 8 nitrogen and oxygen atoms in total. The Balaban J connectivity index is 0. The van der Waals surface area contributed by atoms with Crippen molar-refractivity contribution in [3.05, 3.63) is 0 Å². The number of carboxylic acid groups (broad SMARTS) is 2. The summed E-state index contributed by atoms with van der Waals surface area (Å²) in [6.07, 6.45) is 7.91. The SMILES string of the molecule is CCCCCCCC(N=C=O)N=C=O.O=C(O)CCC(=O)O. The van der Waals surface area contributed by atoms with E-state index in [4.69, 9.17) is 10.2 Å². The summed E-state index contributed by atoms with van der Waals surface area (Å²) in [5, 5.41) is 15.8. The van der Waals surface area contributed by atoms with Crippen molar-refractivity contribution in [1.82, 2.24) is 0 Å². The van der Waals surface area contributed by atoms with Crippen molar-refractivity contribution in [2.75, 3.05) is 0 Å². The second kappa shape index (κ2) is 16.8. The van der Waals surface area contributed by atoms with Crippen molar-refractivity contribution >= 4 is 24.1 Å². The Morgan fingerprint density at radius 1 is 0.909 bits per heavy atom. The molecule has 0 aliphatic rings. The van der Waals surface area contributed by atoms with Crippen LogP contribution in [0.15, 0.2) is 9.98 Å². The second-order valence-corrected chi connectivity index (χ2v) is 4.41. The van der Waals surface area contributed by atoms with Gasteiger partial charge in [-0.25, -0.2) is 9.59 Å². The number of unbranched alkanes of at least 4 members (excludes halogenated alkanes) is 4. The van der Waals surface area contributed by atoms with Crippen LogP contribution in [0.2, 0.25) is 0 Å². The molecule has 0 saturated carbocycles. The van der Waals surface area contributed by atoms with Crippen molar-refractivity contribution in [1.29, 1.82) is 0 Å². The molecule has 0 bridgehead atoms. The van der Waals surface area contributed by atoms with Gasteiger partial charge in [0.15, 0.2) is 6.17 Å². The first-order valence-corrected chi connectivity index (χ1v) is 7.05. The average Bonchev–Trinajstić information content (AvgIpc) is 2.46. The van der Waals surface area contributed by atoms with E-state index in [2.05, 4.69) is 16.9 Å². The summed E-state index contributed by atoms with van der Waals surface area (Å²) in [4.78, 5) is 46.0. The number of isocyanates is 2. The highest BCUT2D eigenvalue weighted by molar-refractivity contribution is 5.75. The van der Waals surface area contributed by atoms with Crippen LogP contribution in [0, 0.1) is 0 Å². The highest BCUT2D eigenvalue weighted by Gasteiger charge is 2.03. The number of carbonyl (C=O) groups excluding carboxylic acids is 2. The van der Waals surface area contributed by atoms with Crippen LogP contribution in [0.4, 0.5) is 0 Å². The first-order valence-electron chi connectivity index (χ1n) is 7.05. The van der Waals surface area contributed by atoms with Gasteiger partial charge in [0.2, 0.25) is 12.2 Å². The lowest BCUT2D eigenvalue weighted by Gasteiger charge is -2.02. The minimum Gasteiger partial charge on any atom is -0.481 e. The second-order valence-electron chi connectivity index (χ2n) is 4.41. The molecule has 0 heterocycles. The van der Waals surface area contributed by atoms with Gasteiger partial charge in [0.05, 0.1) is 12.8 Å². The van der Waals surface area contributed by atoms with Gasteiger partial charge in [0.25, 0.3) is 0 Å². The van der Waals surface area contributed by atoms with Gasteiger partial charge in [-0.2, -0.15) is 9.98 Å². The molecule has 0 amide bonds. The molecule has 0 atom stereocenters. The summed E-state index contributed by atoms with van der Waals surface area (Å²) in [5.74, 6) is -2.15. The summed E-state index contributed by atoms with van der Waals surface area (Å²) in [6, 6.07) is 0. The summed E-state index contributed by atoms with van der Waals surface area (Å²) in [6.45, 7) is 2.15. The van der Waals surface area contributed by atoms with E-state index < -0.39 is 18.1 Å². The van der Waals surface area contributed by atoms with Crippen molar-refractivity contribution < 1.29 is 29.4 Å². The van der Waals surface area contributed by atoms with Crippen LogP contribution in [-0.4, -0.2) is 40.5 Å². The minimum absolute atomic E-state index is 0.296. The third-order valence-corrected chi connectivity index (χ3v) is 2.52. The smallest absolute Gasteiger partial charge is 0.303 e. The van der Waals surface area contributed by atoms with Gasteiger partial charge in [-0.1, -0.05) is 32.6 Å². The van der Waals surface area contributed by atoms with Crippen LogP contribution in [0.25, 0.3) is 0 Å². The molecule has 22 heavy (non-hydrogen) atoms. The molecule has 0 aromatic rings. The maximum absolute atomic E-state index is 9.94. The van der Waals surface area contributed by atoms with Crippen LogP contribution in [-0.2, 0) is 19.2 Å². The molecule has 0 fully saturated rings. The number of rotatable bonds is 11. The highest BCUT2D eigenvalue weighted by atomic mass is 16.4. The third kappa shape index (κ3) is 20.0. The zero-order valence-electron chi connectivity index (χ0n) is 12.7. The highest BCUT2D eigenvalue weighted by Crippen LogP contribution is 2.09. The van der Waals surface area contributed by atoms with Gasteiger partial charge < -0.3 is 10.2 Å². The van der Waals surface area contributed by atoms with Gasteiger partial charge in [-0.15, -0.1) is 0 Å². The molecule has 0 rings (SSSR count). The number of aliphatic carboxylic acids is 2. The molecule has 0 aliphatic carbocycles. The van der Waals surface area contributed by atoms with Gasteiger partial charge in [-0.05, 0) is 12.8 Å².